The van der Waals surface area contributed by atoms with E-state index < -0.39 is 0 Å². The van der Waals surface area contributed by atoms with Crippen molar-refractivity contribution in [3.05, 3.63) is 34.4 Å². The van der Waals surface area contributed by atoms with E-state index in [2.05, 4.69) is 37.2 Å². The molecule has 0 fully saturated rings. The van der Waals surface area contributed by atoms with Crippen LogP contribution in [0.25, 0.3) is 0 Å². The molecular formula is C11H12NRu. The third-order valence-electron chi connectivity index (χ3n) is 2.41. The summed E-state index contributed by atoms with van der Waals surface area (Å²) in [7, 11) is 0. The van der Waals surface area contributed by atoms with Crippen LogP contribution in [0.4, 0.5) is 0 Å². The predicted octanol–water partition coefficient (Wildman–Crippen LogP) is 2.15. The van der Waals surface area contributed by atoms with Crippen LogP contribution in [-0.2, 0) is 25.9 Å². The van der Waals surface area contributed by atoms with E-state index >= 15 is 0 Å². The van der Waals surface area contributed by atoms with Crippen molar-refractivity contribution in [1.29, 1.82) is 0 Å². The van der Waals surface area contributed by atoms with E-state index in [1.165, 1.54) is 22.3 Å². The molecule has 1 aromatic rings. The van der Waals surface area contributed by atoms with Crippen molar-refractivity contribution in [3.63, 3.8) is 0 Å². The van der Waals surface area contributed by atoms with E-state index in [9.17, 15) is 0 Å². The molecular weight excluding hydrogens is 247 g/mol. The molecule has 2 heteroatoms. The molecule has 0 saturated carbocycles. The summed E-state index contributed by atoms with van der Waals surface area (Å²) in [4.78, 5) is 4.14. The van der Waals surface area contributed by atoms with Gasteiger partial charge in [-0.3, -0.25) is 0 Å². The maximum Gasteiger partial charge on any atom is 1.00 e. The van der Waals surface area contributed by atoms with Gasteiger partial charge in [-0.25, -0.2) is 0 Å². The number of hydrogen-bond acceptors (Lipinski definition) is 1. The second-order valence-electron chi connectivity index (χ2n) is 3.34. The molecule has 0 N–H and O–H groups in total. The van der Waals surface area contributed by atoms with Crippen LogP contribution >= 0.6 is 0 Å². The Bertz CT molecular complexity index is 342. The zero-order chi connectivity index (χ0) is 8.55. The largest absolute Gasteiger partial charge is 1.00 e. The number of aryl methyl sites for hydroxylation is 2. The van der Waals surface area contributed by atoms with Crippen molar-refractivity contribution in [3.8, 4) is 0 Å². The third-order valence-corrected chi connectivity index (χ3v) is 2.41. The molecule has 1 nitrogen and oxygen atoms in total. The van der Waals surface area contributed by atoms with Crippen molar-refractivity contribution in [2.45, 2.75) is 20.3 Å². The molecule has 0 atom stereocenters. The molecule has 2 rings (SSSR count). The molecule has 1 heterocycles. The molecule has 0 amide bonds. The predicted molar refractivity (Wildman–Crippen MR) is 51.0 cm³/mol. The fraction of sp³-hybridized carbons (Fsp3) is 0.364. The average molecular weight is 259 g/mol. The molecule has 0 saturated heterocycles. The van der Waals surface area contributed by atoms with E-state index in [-0.39, 0.29) is 19.5 Å². The Labute approximate surface area is 92.0 Å². The molecule has 1 radical (unpaired) electrons. The smallest absolute Gasteiger partial charge is 0.360 e. The Kier molecular flexibility index (Phi) is 3.38. The van der Waals surface area contributed by atoms with Gasteiger partial charge in [0.2, 0.25) is 0 Å². The Morgan fingerprint density at radius 1 is 1.23 bits per heavy atom. The minimum Gasteiger partial charge on any atom is -0.360 e. The van der Waals surface area contributed by atoms with Gasteiger partial charge in [0.1, 0.15) is 0 Å². The van der Waals surface area contributed by atoms with Crippen LogP contribution in [0.15, 0.2) is 17.1 Å². The van der Waals surface area contributed by atoms with E-state index in [1.807, 2.05) is 0 Å². The summed E-state index contributed by atoms with van der Waals surface area (Å²) < 4.78 is 0. The van der Waals surface area contributed by atoms with Crippen molar-refractivity contribution in [1.82, 2.24) is 0 Å². The molecule has 0 aromatic heterocycles. The van der Waals surface area contributed by atoms with Crippen molar-refractivity contribution in [2.75, 3.05) is 6.54 Å². The second-order valence-corrected chi connectivity index (χ2v) is 3.34. The van der Waals surface area contributed by atoms with E-state index in [0.29, 0.717) is 0 Å². The topological polar surface area (TPSA) is 12.4 Å². The van der Waals surface area contributed by atoms with Gasteiger partial charge in [0.15, 0.2) is 0 Å². The SMILES string of the molecule is Cc1cc2c(cc1C)CCN=[C-]2.[Ru+]. The van der Waals surface area contributed by atoms with Crippen molar-refractivity contribution >= 4 is 6.21 Å². The molecule has 1 aromatic carbocycles. The van der Waals surface area contributed by atoms with Gasteiger partial charge < -0.3 is 4.99 Å². The molecule has 0 unspecified atom stereocenters. The van der Waals surface area contributed by atoms with Crippen LogP contribution in [0.3, 0.4) is 0 Å². The average Bonchev–Trinajstić information content (AvgIpc) is 2.07. The maximum atomic E-state index is 4.14. The summed E-state index contributed by atoms with van der Waals surface area (Å²) in [6.45, 7) is 5.18. The fourth-order valence-corrected chi connectivity index (χ4v) is 1.50. The summed E-state index contributed by atoms with van der Waals surface area (Å²) in [5.41, 5.74) is 5.29. The van der Waals surface area contributed by atoms with Gasteiger partial charge in [0.05, 0.1) is 0 Å². The first-order chi connectivity index (χ1) is 5.77. The molecule has 69 valence electrons. The van der Waals surface area contributed by atoms with Gasteiger partial charge in [-0.15, -0.1) is 17.2 Å². The molecule has 0 aliphatic carbocycles. The fourth-order valence-electron chi connectivity index (χ4n) is 1.50. The summed E-state index contributed by atoms with van der Waals surface area (Å²) >= 11 is 0. The Balaban J connectivity index is 0.000000845. The summed E-state index contributed by atoms with van der Waals surface area (Å²) in [6.07, 6.45) is 4.13. The number of hydrogen-bond donors (Lipinski definition) is 0. The van der Waals surface area contributed by atoms with Gasteiger partial charge in [-0.2, -0.15) is 11.6 Å². The monoisotopic (exact) mass is 260 g/mol. The van der Waals surface area contributed by atoms with Gasteiger partial charge in [-0.1, -0.05) is 25.1 Å². The minimum atomic E-state index is 0. The molecule has 1 aliphatic rings. The maximum absolute atomic E-state index is 4.14. The van der Waals surface area contributed by atoms with E-state index in [0.717, 1.165) is 13.0 Å². The number of fused-ring (bicyclic) bond motifs is 1. The van der Waals surface area contributed by atoms with Crippen LogP contribution < -0.4 is 0 Å². The van der Waals surface area contributed by atoms with Gasteiger partial charge in [0.25, 0.3) is 0 Å². The second kappa shape index (κ2) is 4.15. The summed E-state index contributed by atoms with van der Waals surface area (Å²) in [5, 5.41) is 0. The first-order valence-corrected chi connectivity index (χ1v) is 4.30. The van der Waals surface area contributed by atoms with Gasteiger partial charge >= 0.3 is 19.5 Å². The van der Waals surface area contributed by atoms with Crippen LogP contribution in [0.5, 0.6) is 0 Å². The summed E-state index contributed by atoms with van der Waals surface area (Å²) in [6, 6.07) is 4.43. The number of aliphatic imine (C=N–C) groups is 1. The number of nitrogens with zero attached hydrogens (tertiary/aromatic N) is 1. The normalized spacial score (nSPS) is 13.4. The minimum absolute atomic E-state index is 0. The molecule has 1 aliphatic heterocycles. The first-order valence-electron chi connectivity index (χ1n) is 4.30. The van der Waals surface area contributed by atoms with Crippen molar-refractivity contribution in [2.24, 2.45) is 4.99 Å². The third kappa shape index (κ3) is 2.06. The zero-order valence-corrected chi connectivity index (χ0v) is 9.61. The molecule has 13 heavy (non-hydrogen) atoms. The molecule has 0 spiro atoms. The van der Waals surface area contributed by atoms with E-state index in [4.69, 9.17) is 0 Å². The van der Waals surface area contributed by atoms with Crippen LogP contribution in [0.2, 0.25) is 0 Å². The summed E-state index contributed by atoms with van der Waals surface area (Å²) in [5.74, 6) is 0. The quantitative estimate of drug-likeness (QED) is 0.500. The Morgan fingerprint density at radius 2 is 1.92 bits per heavy atom. The van der Waals surface area contributed by atoms with Gasteiger partial charge in [-0.05, 0) is 6.92 Å². The van der Waals surface area contributed by atoms with Crippen LogP contribution in [0.1, 0.15) is 22.3 Å². The Hall–Kier alpha value is -0.487. The van der Waals surface area contributed by atoms with Crippen LogP contribution in [-0.4, -0.2) is 12.8 Å². The van der Waals surface area contributed by atoms with E-state index in [1.54, 1.807) is 0 Å². The van der Waals surface area contributed by atoms with Crippen molar-refractivity contribution < 1.29 is 19.5 Å². The zero-order valence-electron chi connectivity index (χ0n) is 7.87. The number of benzene rings is 1. The number of rotatable bonds is 0. The van der Waals surface area contributed by atoms with Crippen LogP contribution in [0, 0.1) is 13.8 Å². The van der Waals surface area contributed by atoms with Gasteiger partial charge in [0, 0.05) is 6.54 Å². The molecule has 0 bridgehead atoms. The standard InChI is InChI=1S/C11H12N.Ru/c1-8-5-10-3-4-12-7-11(10)6-9(8)2;/h5-6H,3-4H2,1-2H3;/q-1;+1. The Morgan fingerprint density at radius 3 is 2.69 bits per heavy atom. The first kappa shape index (κ1) is 10.6.